The van der Waals surface area contributed by atoms with Gasteiger partial charge in [-0.15, -0.1) is 0 Å². The fourth-order valence-electron chi connectivity index (χ4n) is 4.60. The molecule has 1 aliphatic carbocycles. The van der Waals surface area contributed by atoms with Gasteiger partial charge in [-0.2, -0.15) is 0 Å². The van der Waals surface area contributed by atoms with Crippen LogP contribution in [0.25, 0.3) is 10.9 Å². The Morgan fingerprint density at radius 2 is 1.89 bits per heavy atom. The smallest absolute Gasteiger partial charge is 0.195 e. The van der Waals surface area contributed by atoms with Gasteiger partial charge < -0.3 is 20.9 Å². The number of aromatic amines is 1. The van der Waals surface area contributed by atoms with Gasteiger partial charge >= 0.3 is 0 Å². The number of rotatable bonds is 1. The van der Waals surface area contributed by atoms with Crippen molar-refractivity contribution in [3.05, 3.63) is 57.2 Å². The van der Waals surface area contributed by atoms with E-state index in [1.54, 1.807) is 0 Å². The van der Waals surface area contributed by atoms with Crippen molar-refractivity contribution in [2.45, 2.75) is 19.3 Å². The molecule has 0 radical (unpaired) electrons. The quantitative estimate of drug-likeness (QED) is 0.505. The molecule has 4 N–H and O–H groups in total. The normalized spacial score (nSPS) is 18.2. The number of H-pyrrole nitrogens is 1. The number of nitrogens with one attached hydrogen (secondary N) is 2. The van der Waals surface area contributed by atoms with Crippen LogP contribution in [0.1, 0.15) is 41.0 Å². The molecule has 1 aliphatic heterocycles. The maximum Gasteiger partial charge on any atom is 0.195 e. The topological polar surface area (TPSA) is 74.2 Å². The number of hydrogen-bond donors (Lipinski definition) is 3. The molecule has 0 spiro atoms. The van der Waals surface area contributed by atoms with Crippen molar-refractivity contribution in [2.75, 3.05) is 36.8 Å². The number of carbonyl (C=O) groups excluding carboxylic acids is 1. The molecule has 0 bridgehead atoms. The summed E-state index contributed by atoms with van der Waals surface area (Å²) >= 11 is 3.73. The second-order valence-electron chi connectivity index (χ2n) is 8.22. The van der Waals surface area contributed by atoms with Gasteiger partial charge in [0.2, 0.25) is 0 Å². The van der Waals surface area contributed by atoms with Gasteiger partial charge in [0.15, 0.2) is 5.78 Å². The maximum atomic E-state index is 13.5. The van der Waals surface area contributed by atoms with Gasteiger partial charge in [0, 0.05) is 63.9 Å². The molecule has 2 heterocycles. The van der Waals surface area contributed by atoms with Gasteiger partial charge in [0.05, 0.1) is 11.3 Å². The summed E-state index contributed by atoms with van der Waals surface area (Å²) in [5.74, 6) is 0.0768. The van der Waals surface area contributed by atoms with Crippen LogP contribution in [0.3, 0.4) is 0 Å². The highest BCUT2D eigenvalue weighted by molar-refractivity contribution is 9.10. The highest BCUT2D eigenvalue weighted by atomic mass is 79.9. The van der Waals surface area contributed by atoms with E-state index in [9.17, 15) is 4.79 Å². The number of benzene rings is 2. The van der Waals surface area contributed by atoms with Crippen molar-refractivity contribution in [1.29, 1.82) is 0 Å². The standard InChI is InChI=1S/C22H23BrN4O/c1-22(2)15-11-18(27-7-5-25-6-8-27)16(23)10-14(15)20(28)19-13-4-3-12(24)9-17(13)26-21(19)22/h3-4,9-11,25-26H,5-8,24H2,1-2H3. The summed E-state index contributed by atoms with van der Waals surface area (Å²) in [6.45, 7) is 8.24. The molecule has 2 aromatic carbocycles. The Morgan fingerprint density at radius 3 is 2.64 bits per heavy atom. The monoisotopic (exact) mass is 438 g/mol. The average Bonchev–Trinajstić information content (AvgIpc) is 3.06. The Kier molecular flexibility index (Phi) is 3.87. The Bertz CT molecular complexity index is 1130. The first kappa shape index (κ1) is 17.8. The lowest BCUT2D eigenvalue weighted by molar-refractivity contribution is 0.103. The van der Waals surface area contributed by atoms with Crippen LogP contribution >= 0.6 is 15.9 Å². The van der Waals surface area contributed by atoms with Crippen LogP contribution in [0.4, 0.5) is 11.4 Å². The van der Waals surface area contributed by atoms with Gasteiger partial charge in [-0.25, -0.2) is 0 Å². The first-order valence-electron chi connectivity index (χ1n) is 9.64. The van der Waals surface area contributed by atoms with Crippen LogP contribution in [0, 0.1) is 0 Å². The van der Waals surface area contributed by atoms with E-state index in [4.69, 9.17) is 5.73 Å². The zero-order chi connectivity index (χ0) is 19.6. The number of hydrogen-bond acceptors (Lipinski definition) is 4. The zero-order valence-electron chi connectivity index (χ0n) is 16.0. The largest absolute Gasteiger partial charge is 0.399 e. The highest BCUT2D eigenvalue weighted by Gasteiger charge is 2.40. The minimum absolute atomic E-state index is 0.0768. The van der Waals surface area contributed by atoms with E-state index in [1.165, 1.54) is 0 Å². The van der Waals surface area contributed by atoms with Crippen molar-refractivity contribution in [3.63, 3.8) is 0 Å². The van der Waals surface area contributed by atoms with E-state index in [2.05, 4.69) is 51.0 Å². The third-order valence-corrected chi connectivity index (χ3v) is 6.77. The van der Waals surface area contributed by atoms with Crippen LogP contribution in [0.2, 0.25) is 0 Å². The van der Waals surface area contributed by atoms with E-state index in [0.717, 1.165) is 69.6 Å². The minimum Gasteiger partial charge on any atom is -0.399 e. The SMILES string of the molecule is CC1(C)c2cc(N3CCNCC3)c(Br)cc2C(=O)c2c1[nH]c1cc(N)ccc21. The van der Waals surface area contributed by atoms with Crippen LogP contribution in [0.15, 0.2) is 34.8 Å². The second kappa shape index (κ2) is 6.09. The lowest BCUT2D eigenvalue weighted by atomic mass is 9.71. The molecule has 0 amide bonds. The molecular formula is C22H23BrN4O. The van der Waals surface area contributed by atoms with E-state index in [0.29, 0.717) is 5.69 Å². The summed E-state index contributed by atoms with van der Waals surface area (Å²) in [5, 5.41) is 4.34. The molecule has 0 unspecified atom stereocenters. The number of ketones is 1. The minimum atomic E-state index is -0.310. The molecule has 144 valence electrons. The number of nitrogen functional groups attached to an aromatic ring is 1. The summed E-state index contributed by atoms with van der Waals surface area (Å²) in [5.41, 5.74) is 12.0. The Balaban J connectivity index is 1.73. The molecule has 6 heteroatoms. The number of nitrogens with zero attached hydrogens (tertiary/aromatic N) is 1. The summed E-state index contributed by atoms with van der Waals surface area (Å²) < 4.78 is 0.977. The number of piperazine rings is 1. The van der Waals surface area contributed by atoms with E-state index < -0.39 is 0 Å². The first-order chi connectivity index (χ1) is 13.4. The molecule has 2 aliphatic rings. The molecular weight excluding hydrogens is 416 g/mol. The van der Waals surface area contributed by atoms with Gasteiger partial charge in [0.1, 0.15) is 0 Å². The van der Waals surface area contributed by atoms with Crippen molar-refractivity contribution >= 4 is 44.0 Å². The Labute approximate surface area is 172 Å². The van der Waals surface area contributed by atoms with Gasteiger partial charge in [-0.1, -0.05) is 19.9 Å². The van der Waals surface area contributed by atoms with Crippen molar-refractivity contribution in [3.8, 4) is 0 Å². The molecule has 1 aromatic heterocycles. The molecule has 28 heavy (non-hydrogen) atoms. The fraction of sp³-hybridized carbons (Fsp3) is 0.318. The molecule has 5 nitrogen and oxygen atoms in total. The number of carbonyl (C=O) groups is 1. The summed E-state index contributed by atoms with van der Waals surface area (Å²) in [6.07, 6.45) is 0. The van der Waals surface area contributed by atoms with Crippen molar-refractivity contribution in [2.24, 2.45) is 0 Å². The van der Waals surface area contributed by atoms with Crippen LogP contribution in [-0.4, -0.2) is 36.9 Å². The van der Waals surface area contributed by atoms with Crippen molar-refractivity contribution in [1.82, 2.24) is 10.3 Å². The van der Waals surface area contributed by atoms with Gasteiger partial charge in [0.25, 0.3) is 0 Å². The molecule has 1 saturated heterocycles. The maximum absolute atomic E-state index is 13.5. The third kappa shape index (κ3) is 2.44. The van der Waals surface area contributed by atoms with E-state index in [1.807, 2.05) is 24.3 Å². The predicted octanol–water partition coefficient (Wildman–Crippen LogP) is 3.79. The number of nitrogens with two attached hydrogens (primary N) is 1. The third-order valence-electron chi connectivity index (χ3n) is 6.14. The number of halogens is 1. The Morgan fingerprint density at radius 1 is 1.14 bits per heavy atom. The number of aromatic nitrogens is 1. The number of fused-ring (bicyclic) bond motifs is 4. The fourth-order valence-corrected chi connectivity index (χ4v) is 5.20. The summed E-state index contributed by atoms with van der Waals surface area (Å²) in [4.78, 5) is 19.4. The van der Waals surface area contributed by atoms with Gasteiger partial charge in [-0.3, -0.25) is 4.79 Å². The van der Waals surface area contributed by atoms with E-state index in [-0.39, 0.29) is 11.2 Å². The number of anilines is 2. The molecule has 5 rings (SSSR count). The average molecular weight is 439 g/mol. The molecule has 0 atom stereocenters. The Hall–Kier alpha value is -2.31. The molecule has 0 saturated carbocycles. The highest BCUT2D eigenvalue weighted by Crippen LogP contribution is 2.46. The lowest BCUT2D eigenvalue weighted by Crippen LogP contribution is -2.44. The molecule has 3 aromatic rings. The van der Waals surface area contributed by atoms with Crippen LogP contribution in [-0.2, 0) is 5.41 Å². The predicted molar refractivity (Wildman–Crippen MR) is 117 cm³/mol. The lowest BCUT2D eigenvalue weighted by Gasteiger charge is -2.36. The summed E-state index contributed by atoms with van der Waals surface area (Å²) in [6, 6.07) is 9.92. The first-order valence-corrected chi connectivity index (χ1v) is 10.4. The zero-order valence-corrected chi connectivity index (χ0v) is 17.6. The summed E-state index contributed by atoms with van der Waals surface area (Å²) in [7, 11) is 0. The van der Waals surface area contributed by atoms with Crippen LogP contribution < -0.4 is 16.0 Å². The second-order valence-corrected chi connectivity index (χ2v) is 9.07. The van der Waals surface area contributed by atoms with Crippen LogP contribution in [0.5, 0.6) is 0 Å². The van der Waals surface area contributed by atoms with Crippen molar-refractivity contribution < 1.29 is 4.79 Å². The molecule has 1 fully saturated rings. The van der Waals surface area contributed by atoms with Gasteiger partial charge in [-0.05, 0) is 45.8 Å². The van der Waals surface area contributed by atoms with E-state index >= 15 is 0 Å².